The molecule has 1 N–H and O–H groups in total. The van der Waals surface area contributed by atoms with Crippen LogP contribution >= 0.6 is 0 Å². The summed E-state index contributed by atoms with van der Waals surface area (Å²) < 4.78 is 0. The molecule has 0 saturated heterocycles. The molecule has 0 aromatic rings. The van der Waals surface area contributed by atoms with Gasteiger partial charge in [0.25, 0.3) is 0 Å². The summed E-state index contributed by atoms with van der Waals surface area (Å²) in [6.45, 7) is 21.6. The van der Waals surface area contributed by atoms with E-state index in [0.29, 0.717) is 5.92 Å². The van der Waals surface area contributed by atoms with Gasteiger partial charge in [0.15, 0.2) is 0 Å². The van der Waals surface area contributed by atoms with Gasteiger partial charge >= 0.3 is 0 Å². The second-order valence-electron chi connectivity index (χ2n) is 6.00. The van der Waals surface area contributed by atoms with Crippen molar-refractivity contribution in [2.75, 3.05) is 6.54 Å². The van der Waals surface area contributed by atoms with E-state index in [1.54, 1.807) is 0 Å². The summed E-state index contributed by atoms with van der Waals surface area (Å²) in [7, 11) is 0. The van der Waals surface area contributed by atoms with Crippen LogP contribution < -0.4 is 5.32 Å². The van der Waals surface area contributed by atoms with E-state index in [1.807, 2.05) is 13.0 Å². The van der Waals surface area contributed by atoms with Gasteiger partial charge in [-0.05, 0) is 46.2 Å². The van der Waals surface area contributed by atoms with Crippen molar-refractivity contribution >= 4 is 6.72 Å². The maximum absolute atomic E-state index is 4.44. The van der Waals surface area contributed by atoms with Gasteiger partial charge in [-0.2, -0.15) is 0 Å². The summed E-state index contributed by atoms with van der Waals surface area (Å²) in [6, 6.07) is 0.177. The molecule has 0 aromatic carbocycles. The topological polar surface area (TPSA) is 24.4 Å². The van der Waals surface area contributed by atoms with Crippen molar-refractivity contribution in [1.29, 1.82) is 0 Å². The summed E-state index contributed by atoms with van der Waals surface area (Å²) in [5.41, 5.74) is 3.70. The monoisotopic (exact) mass is 316 g/mol. The molecule has 23 heavy (non-hydrogen) atoms. The van der Waals surface area contributed by atoms with Gasteiger partial charge in [0, 0.05) is 24.6 Å². The molecule has 0 spiro atoms. The Balaban J connectivity index is 5.02. The summed E-state index contributed by atoms with van der Waals surface area (Å²) in [5, 5.41) is 3.38. The van der Waals surface area contributed by atoms with Crippen LogP contribution in [0.3, 0.4) is 0 Å². The number of allylic oxidation sites excluding steroid dienone is 4. The number of hydrogen-bond acceptors (Lipinski definition) is 2. The highest BCUT2D eigenvalue weighted by Gasteiger charge is 2.23. The van der Waals surface area contributed by atoms with Crippen molar-refractivity contribution in [3.8, 4) is 0 Å². The summed E-state index contributed by atoms with van der Waals surface area (Å²) >= 11 is 0. The maximum atomic E-state index is 4.44. The van der Waals surface area contributed by atoms with Crippen molar-refractivity contribution in [3.63, 3.8) is 0 Å². The van der Waals surface area contributed by atoms with E-state index < -0.39 is 0 Å². The van der Waals surface area contributed by atoms with Crippen LogP contribution in [0, 0.1) is 5.92 Å². The highest BCUT2D eigenvalue weighted by atomic mass is 14.9. The number of nitrogens with zero attached hydrogens (tertiary/aromatic N) is 1. The number of nitrogens with one attached hydrogen (secondary N) is 1. The minimum absolute atomic E-state index is 0.177. The highest BCUT2D eigenvalue weighted by molar-refractivity contribution is 5.26. The molecular weight excluding hydrogens is 280 g/mol. The molecular formula is C21H36N2. The third-order valence-electron chi connectivity index (χ3n) is 4.21. The van der Waals surface area contributed by atoms with Crippen molar-refractivity contribution in [2.24, 2.45) is 10.9 Å². The first-order chi connectivity index (χ1) is 11.0. The average Bonchev–Trinajstić information content (AvgIpc) is 2.55. The van der Waals surface area contributed by atoms with Crippen molar-refractivity contribution in [1.82, 2.24) is 5.32 Å². The van der Waals surface area contributed by atoms with Crippen LogP contribution in [0.5, 0.6) is 0 Å². The summed E-state index contributed by atoms with van der Waals surface area (Å²) in [6.07, 6.45) is 11.4. The number of rotatable bonds is 13. The zero-order valence-corrected chi connectivity index (χ0v) is 15.7. The van der Waals surface area contributed by atoms with E-state index in [1.165, 1.54) is 11.1 Å². The van der Waals surface area contributed by atoms with Crippen LogP contribution in [-0.2, 0) is 0 Å². The lowest BCUT2D eigenvalue weighted by molar-refractivity contribution is 0.434. The zero-order chi connectivity index (χ0) is 17.7. The second kappa shape index (κ2) is 12.9. The fourth-order valence-corrected chi connectivity index (χ4v) is 2.93. The zero-order valence-electron chi connectivity index (χ0n) is 15.7. The normalized spacial score (nSPS) is 14.5. The number of aliphatic imine (C=N–C) groups is 1. The third kappa shape index (κ3) is 8.59. The van der Waals surface area contributed by atoms with E-state index in [0.717, 1.165) is 44.3 Å². The largest absolute Gasteiger partial charge is 0.389 e. The predicted molar refractivity (Wildman–Crippen MR) is 106 cm³/mol. The minimum Gasteiger partial charge on any atom is -0.389 e. The lowest BCUT2D eigenvalue weighted by Gasteiger charge is -2.27. The molecule has 2 heteroatoms. The van der Waals surface area contributed by atoms with Crippen LogP contribution in [0.2, 0.25) is 0 Å². The van der Waals surface area contributed by atoms with Crippen LogP contribution in [-0.4, -0.2) is 19.3 Å². The fraction of sp³-hybridized carbons (Fsp3) is 0.571. The van der Waals surface area contributed by atoms with E-state index in [9.17, 15) is 0 Å². The van der Waals surface area contributed by atoms with Gasteiger partial charge in [0.1, 0.15) is 0 Å². The van der Waals surface area contributed by atoms with E-state index >= 15 is 0 Å². The van der Waals surface area contributed by atoms with Crippen LogP contribution in [0.1, 0.15) is 59.8 Å². The molecule has 2 nitrogen and oxygen atoms in total. The van der Waals surface area contributed by atoms with E-state index in [2.05, 4.69) is 63.1 Å². The first-order valence-corrected chi connectivity index (χ1v) is 8.86. The molecule has 0 saturated carbocycles. The van der Waals surface area contributed by atoms with E-state index in [4.69, 9.17) is 0 Å². The Morgan fingerprint density at radius 1 is 1.22 bits per heavy atom. The van der Waals surface area contributed by atoms with Crippen molar-refractivity contribution < 1.29 is 0 Å². The Labute approximate surface area is 144 Å². The summed E-state index contributed by atoms with van der Waals surface area (Å²) in [5.74, 6) is 0.407. The maximum Gasteiger partial charge on any atom is 0.0611 e. The molecule has 0 amide bonds. The van der Waals surface area contributed by atoms with Gasteiger partial charge in [0.2, 0.25) is 0 Å². The van der Waals surface area contributed by atoms with Gasteiger partial charge in [-0.1, -0.05) is 56.4 Å². The Morgan fingerprint density at radius 2 is 1.91 bits per heavy atom. The van der Waals surface area contributed by atoms with Crippen molar-refractivity contribution in [2.45, 2.75) is 65.8 Å². The van der Waals surface area contributed by atoms with Gasteiger partial charge in [-0.15, -0.1) is 0 Å². The molecule has 0 heterocycles. The smallest absolute Gasteiger partial charge is 0.0611 e. The Bertz CT molecular complexity index is 429. The standard InChI is InChI=1S/C21H36N2/c1-8-12-17(5)13-14-20(19(10-3)11-4)21(22-7)16-18(6)23-15-9-2/h8,10,12,20-21,23H,5-7,9,11,13-16H2,1-4H3/b12-8-,19-10+. The first kappa shape index (κ1) is 21.4. The lowest BCUT2D eigenvalue weighted by atomic mass is 9.83. The minimum atomic E-state index is 0.177. The summed E-state index contributed by atoms with van der Waals surface area (Å²) in [4.78, 5) is 4.44. The molecule has 0 bridgehead atoms. The number of hydrogen-bond donors (Lipinski definition) is 1. The van der Waals surface area contributed by atoms with Crippen LogP contribution in [0.15, 0.2) is 53.2 Å². The fourth-order valence-electron chi connectivity index (χ4n) is 2.93. The third-order valence-corrected chi connectivity index (χ3v) is 4.21. The Morgan fingerprint density at radius 3 is 2.39 bits per heavy atom. The molecule has 130 valence electrons. The molecule has 2 atom stereocenters. The SMILES string of the molecule is C=NC(CC(=C)NCCC)C(CCC(=C)/C=C\C)/C(=C/C)CC. The molecule has 0 radical (unpaired) electrons. The quantitative estimate of drug-likeness (QED) is 0.257. The van der Waals surface area contributed by atoms with Gasteiger partial charge in [-0.25, -0.2) is 0 Å². The Hall–Kier alpha value is -1.57. The van der Waals surface area contributed by atoms with Gasteiger partial charge < -0.3 is 5.32 Å². The Kier molecular flexibility index (Phi) is 12.0. The van der Waals surface area contributed by atoms with Crippen LogP contribution in [0.4, 0.5) is 0 Å². The van der Waals surface area contributed by atoms with Crippen LogP contribution in [0.25, 0.3) is 0 Å². The van der Waals surface area contributed by atoms with Gasteiger partial charge in [-0.3, -0.25) is 4.99 Å². The lowest BCUT2D eigenvalue weighted by Crippen LogP contribution is -2.25. The predicted octanol–water partition coefficient (Wildman–Crippen LogP) is 5.84. The molecule has 2 unspecified atom stereocenters. The van der Waals surface area contributed by atoms with E-state index in [-0.39, 0.29) is 6.04 Å². The second-order valence-corrected chi connectivity index (χ2v) is 6.00. The van der Waals surface area contributed by atoms with Gasteiger partial charge in [0.05, 0.1) is 6.04 Å². The molecule has 0 aromatic heterocycles. The highest BCUT2D eigenvalue weighted by Crippen LogP contribution is 2.30. The molecule has 0 fully saturated rings. The molecule has 0 aliphatic carbocycles. The molecule has 0 rings (SSSR count). The average molecular weight is 317 g/mol. The first-order valence-electron chi connectivity index (χ1n) is 8.86. The molecule has 0 aliphatic rings. The molecule has 0 aliphatic heterocycles. The van der Waals surface area contributed by atoms with Crippen molar-refractivity contribution in [3.05, 3.63) is 48.2 Å².